The van der Waals surface area contributed by atoms with Crippen LogP contribution in [-0.2, 0) is 6.61 Å². The fraction of sp³-hybridized carbons (Fsp3) is 0.143. The fourth-order valence-electron chi connectivity index (χ4n) is 1.59. The van der Waals surface area contributed by atoms with Crippen LogP contribution in [0.5, 0.6) is 5.75 Å². The summed E-state index contributed by atoms with van der Waals surface area (Å²) in [5.74, 6) is -0.882. The predicted molar refractivity (Wildman–Crippen MR) is 66.3 cm³/mol. The summed E-state index contributed by atoms with van der Waals surface area (Å²) in [6, 6.07) is 9.18. The average molecular weight is 249 g/mol. The topological polar surface area (TPSA) is 35.2 Å². The van der Waals surface area contributed by atoms with Crippen molar-refractivity contribution in [3.05, 3.63) is 59.2 Å². The number of halogens is 2. The van der Waals surface area contributed by atoms with Gasteiger partial charge in [0, 0.05) is 5.56 Å². The zero-order valence-electron chi connectivity index (χ0n) is 9.91. The maximum atomic E-state index is 13.6. The maximum absolute atomic E-state index is 13.6. The van der Waals surface area contributed by atoms with Gasteiger partial charge in [0.15, 0.2) is 17.4 Å². The third kappa shape index (κ3) is 2.59. The molecule has 2 aromatic carbocycles. The molecule has 2 nitrogen and oxygen atoms in total. The van der Waals surface area contributed by atoms with E-state index in [0.29, 0.717) is 5.56 Å². The molecule has 0 unspecified atom stereocenters. The molecule has 0 aliphatic carbocycles. The quantitative estimate of drug-likeness (QED) is 0.846. The van der Waals surface area contributed by atoms with Crippen molar-refractivity contribution < 1.29 is 13.5 Å². The molecule has 0 aliphatic rings. The zero-order chi connectivity index (χ0) is 13.1. The van der Waals surface area contributed by atoms with E-state index < -0.39 is 11.6 Å². The van der Waals surface area contributed by atoms with Gasteiger partial charge in [-0.25, -0.2) is 8.78 Å². The van der Waals surface area contributed by atoms with Crippen LogP contribution in [0.4, 0.5) is 14.5 Å². The summed E-state index contributed by atoms with van der Waals surface area (Å²) in [4.78, 5) is 0. The molecule has 0 amide bonds. The van der Waals surface area contributed by atoms with Gasteiger partial charge in [-0.3, -0.25) is 0 Å². The molecular weight excluding hydrogens is 236 g/mol. The van der Waals surface area contributed by atoms with Crippen molar-refractivity contribution in [2.75, 3.05) is 5.73 Å². The third-order valence-corrected chi connectivity index (χ3v) is 2.58. The number of hydrogen-bond donors (Lipinski definition) is 1. The third-order valence-electron chi connectivity index (χ3n) is 2.58. The van der Waals surface area contributed by atoms with E-state index in [-0.39, 0.29) is 18.0 Å². The monoisotopic (exact) mass is 249 g/mol. The summed E-state index contributed by atoms with van der Waals surface area (Å²) in [5.41, 5.74) is 6.67. The molecule has 2 rings (SSSR count). The molecule has 18 heavy (non-hydrogen) atoms. The molecule has 0 atom stereocenters. The van der Waals surface area contributed by atoms with E-state index >= 15 is 0 Å². The minimum absolute atomic E-state index is 0.0563. The number of hydrogen-bond acceptors (Lipinski definition) is 2. The minimum atomic E-state index is -0.523. The molecule has 4 heteroatoms. The highest BCUT2D eigenvalue weighted by Gasteiger charge is 2.08. The van der Waals surface area contributed by atoms with Gasteiger partial charge in [-0.1, -0.05) is 18.2 Å². The van der Waals surface area contributed by atoms with Crippen molar-refractivity contribution >= 4 is 5.69 Å². The van der Waals surface area contributed by atoms with Crippen LogP contribution < -0.4 is 10.5 Å². The molecule has 0 fully saturated rings. The Morgan fingerprint density at radius 3 is 2.72 bits per heavy atom. The van der Waals surface area contributed by atoms with Gasteiger partial charge in [0.05, 0.1) is 5.69 Å². The lowest BCUT2D eigenvalue weighted by Crippen LogP contribution is -2.02. The summed E-state index contributed by atoms with van der Waals surface area (Å²) in [7, 11) is 0. The van der Waals surface area contributed by atoms with E-state index in [1.807, 2.05) is 6.92 Å². The highest BCUT2D eigenvalue weighted by atomic mass is 19.1. The smallest absolute Gasteiger partial charge is 0.165 e. The van der Waals surface area contributed by atoms with Gasteiger partial charge in [-0.05, 0) is 30.7 Å². The van der Waals surface area contributed by atoms with Crippen LogP contribution in [0.3, 0.4) is 0 Å². The van der Waals surface area contributed by atoms with Crippen molar-refractivity contribution in [3.8, 4) is 5.75 Å². The number of nitrogen functional groups attached to an aromatic ring is 1. The Labute approximate surface area is 104 Å². The van der Waals surface area contributed by atoms with Crippen molar-refractivity contribution in [1.29, 1.82) is 0 Å². The van der Waals surface area contributed by atoms with Crippen molar-refractivity contribution in [1.82, 2.24) is 0 Å². The molecule has 0 aromatic heterocycles. The molecule has 0 radical (unpaired) electrons. The first-order valence-corrected chi connectivity index (χ1v) is 5.50. The van der Waals surface area contributed by atoms with E-state index in [2.05, 4.69) is 0 Å². The van der Waals surface area contributed by atoms with Crippen LogP contribution in [0.1, 0.15) is 11.1 Å². The van der Waals surface area contributed by atoms with Gasteiger partial charge < -0.3 is 10.5 Å². The van der Waals surface area contributed by atoms with Crippen molar-refractivity contribution in [2.24, 2.45) is 0 Å². The molecule has 0 saturated heterocycles. The van der Waals surface area contributed by atoms with Gasteiger partial charge in [0.25, 0.3) is 0 Å². The lowest BCUT2D eigenvalue weighted by Gasteiger charge is -2.09. The first-order chi connectivity index (χ1) is 8.58. The van der Waals surface area contributed by atoms with Crippen molar-refractivity contribution in [3.63, 3.8) is 0 Å². The number of nitrogens with two attached hydrogens (primary N) is 1. The lowest BCUT2D eigenvalue weighted by atomic mass is 10.2. The van der Waals surface area contributed by atoms with Crippen LogP contribution in [-0.4, -0.2) is 0 Å². The Kier molecular flexibility index (Phi) is 3.46. The van der Waals surface area contributed by atoms with Gasteiger partial charge in [-0.15, -0.1) is 0 Å². The Balaban J connectivity index is 2.16. The second-order valence-corrected chi connectivity index (χ2v) is 4.04. The van der Waals surface area contributed by atoms with E-state index in [1.54, 1.807) is 24.3 Å². The Hall–Kier alpha value is -2.10. The molecule has 0 spiro atoms. The van der Waals surface area contributed by atoms with E-state index in [4.69, 9.17) is 10.5 Å². The first-order valence-electron chi connectivity index (χ1n) is 5.50. The standard InChI is InChI=1S/C14H13F2NO/c1-9-5-6-11(15)13(7-9)18-8-10-3-2-4-12(17)14(10)16/h2-7H,8,17H2,1H3. The number of aryl methyl sites for hydroxylation is 1. The molecule has 0 bridgehead atoms. The van der Waals surface area contributed by atoms with E-state index in [9.17, 15) is 8.78 Å². The van der Waals surface area contributed by atoms with Crippen LogP contribution >= 0.6 is 0 Å². The summed E-state index contributed by atoms with van der Waals surface area (Å²) in [6.07, 6.45) is 0. The number of ether oxygens (including phenoxy) is 1. The van der Waals surface area contributed by atoms with E-state index in [1.165, 1.54) is 12.1 Å². The number of rotatable bonds is 3. The molecule has 0 saturated carbocycles. The van der Waals surface area contributed by atoms with Crippen LogP contribution in [0.15, 0.2) is 36.4 Å². The molecule has 2 N–H and O–H groups in total. The predicted octanol–water partition coefficient (Wildman–Crippen LogP) is 3.43. The second-order valence-electron chi connectivity index (χ2n) is 4.04. The normalized spacial score (nSPS) is 10.4. The van der Waals surface area contributed by atoms with Gasteiger partial charge in [0.1, 0.15) is 6.61 Å². The molecular formula is C14H13F2NO. The number of anilines is 1. The highest BCUT2D eigenvalue weighted by molar-refractivity contribution is 5.42. The zero-order valence-corrected chi connectivity index (χ0v) is 9.91. The molecule has 0 heterocycles. The minimum Gasteiger partial charge on any atom is -0.486 e. The van der Waals surface area contributed by atoms with Gasteiger partial charge in [-0.2, -0.15) is 0 Å². The summed E-state index contributed by atoms with van der Waals surface area (Å²) >= 11 is 0. The highest BCUT2D eigenvalue weighted by Crippen LogP contribution is 2.21. The largest absolute Gasteiger partial charge is 0.486 e. The lowest BCUT2D eigenvalue weighted by molar-refractivity contribution is 0.285. The molecule has 0 aliphatic heterocycles. The summed E-state index contributed by atoms with van der Waals surface area (Å²) in [5, 5.41) is 0. The SMILES string of the molecule is Cc1ccc(F)c(OCc2cccc(N)c2F)c1. The van der Waals surface area contributed by atoms with Crippen LogP contribution in [0.2, 0.25) is 0 Å². The Bertz CT molecular complexity index is 568. The first kappa shape index (κ1) is 12.4. The fourth-order valence-corrected chi connectivity index (χ4v) is 1.59. The number of benzene rings is 2. The van der Waals surface area contributed by atoms with Gasteiger partial charge >= 0.3 is 0 Å². The van der Waals surface area contributed by atoms with Gasteiger partial charge in [0.2, 0.25) is 0 Å². The van der Waals surface area contributed by atoms with Crippen molar-refractivity contribution in [2.45, 2.75) is 13.5 Å². The molecule has 94 valence electrons. The second kappa shape index (κ2) is 5.04. The molecule has 2 aromatic rings. The Morgan fingerprint density at radius 2 is 1.94 bits per heavy atom. The Morgan fingerprint density at radius 1 is 1.17 bits per heavy atom. The maximum Gasteiger partial charge on any atom is 0.165 e. The van der Waals surface area contributed by atoms with E-state index in [0.717, 1.165) is 5.56 Å². The summed E-state index contributed by atoms with van der Waals surface area (Å²) < 4.78 is 32.3. The van der Waals surface area contributed by atoms with Crippen LogP contribution in [0.25, 0.3) is 0 Å². The van der Waals surface area contributed by atoms with Crippen LogP contribution in [0, 0.1) is 18.6 Å². The summed E-state index contributed by atoms with van der Waals surface area (Å²) in [6.45, 7) is 1.77. The average Bonchev–Trinajstić information content (AvgIpc) is 2.35.